The van der Waals surface area contributed by atoms with Crippen LogP contribution in [-0.2, 0) is 6.42 Å². The van der Waals surface area contributed by atoms with Gasteiger partial charge in [0.05, 0.1) is 6.61 Å². The first-order valence-electron chi connectivity index (χ1n) is 17.5. The maximum Gasteiger partial charge on any atom is 0.119 e. The zero-order valence-electron chi connectivity index (χ0n) is 25.7. The number of rotatable bonds is 20. The van der Waals surface area contributed by atoms with Gasteiger partial charge in [0.25, 0.3) is 0 Å². The zero-order chi connectivity index (χ0) is 26.7. The number of ether oxygens (including phenoxy) is 1. The van der Waals surface area contributed by atoms with Gasteiger partial charge in [-0.3, -0.25) is 0 Å². The molecule has 0 radical (unpaired) electrons. The highest BCUT2D eigenvalue weighted by Gasteiger charge is 2.21. The van der Waals surface area contributed by atoms with E-state index in [9.17, 15) is 0 Å². The van der Waals surface area contributed by atoms with E-state index >= 15 is 0 Å². The summed E-state index contributed by atoms with van der Waals surface area (Å²) in [5, 5.41) is 0. The van der Waals surface area contributed by atoms with Gasteiger partial charge in [-0.05, 0) is 67.1 Å². The van der Waals surface area contributed by atoms with Gasteiger partial charge in [0.1, 0.15) is 5.75 Å². The molecule has 3 rings (SSSR count). The third-order valence-electron chi connectivity index (χ3n) is 10.2. The maximum absolute atomic E-state index is 6.12. The van der Waals surface area contributed by atoms with Gasteiger partial charge >= 0.3 is 0 Å². The smallest absolute Gasteiger partial charge is 0.119 e. The normalized spacial score (nSPS) is 23.9. The van der Waals surface area contributed by atoms with Crippen molar-refractivity contribution >= 4 is 0 Å². The van der Waals surface area contributed by atoms with E-state index in [1.54, 1.807) is 0 Å². The van der Waals surface area contributed by atoms with Crippen molar-refractivity contribution in [2.75, 3.05) is 6.61 Å². The lowest BCUT2D eigenvalue weighted by atomic mass is 9.78. The first-order valence-corrected chi connectivity index (χ1v) is 17.5. The molecule has 0 aliphatic heterocycles. The van der Waals surface area contributed by atoms with Crippen molar-refractivity contribution in [2.45, 2.75) is 168 Å². The van der Waals surface area contributed by atoms with Crippen LogP contribution in [0.3, 0.4) is 0 Å². The average molecular weight is 525 g/mol. The van der Waals surface area contributed by atoms with Crippen molar-refractivity contribution in [1.82, 2.24) is 0 Å². The molecule has 1 aromatic rings. The minimum atomic E-state index is 0.887. The monoisotopic (exact) mass is 524 g/mol. The number of hydrogen-bond donors (Lipinski definition) is 0. The molecule has 0 spiro atoms. The van der Waals surface area contributed by atoms with Crippen LogP contribution >= 0.6 is 0 Å². The quantitative estimate of drug-likeness (QED) is 0.154. The molecule has 38 heavy (non-hydrogen) atoms. The van der Waals surface area contributed by atoms with E-state index < -0.39 is 0 Å². The van der Waals surface area contributed by atoms with Gasteiger partial charge in [0, 0.05) is 0 Å². The molecule has 2 aliphatic carbocycles. The molecular formula is C37H64O. The Kier molecular flexibility index (Phi) is 16.6. The SMILES string of the molecule is CCCCCCC[C@H]1CC[C@H](CCCOc2ccc(CC[C@H]3CC[C@H](CCCCCCC)CC3)cc2)CC1. The Bertz CT molecular complexity index is 662. The van der Waals surface area contributed by atoms with Crippen molar-refractivity contribution in [3.63, 3.8) is 0 Å². The topological polar surface area (TPSA) is 9.23 Å². The first-order chi connectivity index (χ1) is 18.8. The van der Waals surface area contributed by atoms with E-state index in [-0.39, 0.29) is 0 Å². The molecular weight excluding hydrogens is 460 g/mol. The predicted octanol–water partition coefficient (Wildman–Crippen LogP) is 12.1. The molecule has 1 heteroatoms. The standard InChI is InChI=1S/C37H64O/c1-3-5-7-9-11-14-32-17-19-34(20-18-32)16-13-31-38-37-29-27-36(28-30-37)26-25-35-23-21-33(22-24-35)15-12-10-8-6-4-2/h27-30,32-35H,3-26,31H2,1-2H3/t32-,33-,34-,35-. The zero-order valence-corrected chi connectivity index (χ0v) is 25.7. The second-order valence-corrected chi connectivity index (χ2v) is 13.4. The molecule has 0 saturated heterocycles. The van der Waals surface area contributed by atoms with E-state index in [0.29, 0.717) is 0 Å². The van der Waals surface area contributed by atoms with Gasteiger partial charge < -0.3 is 4.74 Å². The third kappa shape index (κ3) is 13.4. The molecule has 0 N–H and O–H groups in total. The van der Waals surface area contributed by atoms with E-state index in [0.717, 1.165) is 36.0 Å². The van der Waals surface area contributed by atoms with Crippen molar-refractivity contribution in [3.05, 3.63) is 29.8 Å². The van der Waals surface area contributed by atoms with Crippen molar-refractivity contribution in [3.8, 4) is 5.75 Å². The summed E-state index contributed by atoms with van der Waals surface area (Å²) in [6.45, 7) is 5.51. The van der Waals surface area contributed by atoms with Gasteiger partial charge in [-0.15, -0.1) is 0 Å². The lowest BCUT2D eigenvalue weighted by Gasteiger charge is -2.28. The Balaban J connectivity index is 1.18. The first kappa shape index (κ1) is 31.5. The summed E-state index contributed by atoms with van der Waals surface area (Å²) in [5.41, 5.74) is 1.50. The summed E-state index contributed by atoms with van der Waals surface area (Å²) in [4.78, 5) is 0. The summed E-state index contributed by atoms with van der Waals surface area (Å²) >= 11 is 0. The Morgan fingerprint density at radius 1 is 0.500 bits per heavy atom. The van der Waals surface area contributed by atoms with Crippen LogP contribution in [-0.4, -0.2) is 6.61 Å². The summed E-state index contributed by atoms with van der Waals surface area (Å²) in [6.07, 6.45) is 34.4. The Labute approximate surface area is 238 Å². The van der Waals surface area contributed by atoms with Crippen LogP contribution in [0.4, 0.5) is 0 Å². The molecule has 1 nitrogen and oxygen atoms in total. The largest absolute Gasteiger partial charge is 0.494 e. The van der Waals surface area contributed by atoms with Crippen molar-refractivity contribution in [1.29, 1.82) is 0 Å². The van der Waals surface area contributed by atoms with Gasteiger partial charge in [0.15, 0.2) is 0 Å². The fourth-order valence-electron chi connectivity index (χ4n) is 7.38. The van der Waals surface area contributed by atoms with E-state index in [1.165, 1.54) is 160 Å². The van der Waals surface area contributed by atoms with Crippen molar-refractivity contribution < 1.29 is 4.74 Å². The van der Waals surface area contributed by atoms with Crippen LogP contribution in [0.15, 0.2) is 24.3 Å². The number of benzene rings is 1. The van der Waals surface area contributed by atoms with Crippen LogP contribution < -0.4 is 4.74 Å². The Morgan fingerprint density at radius 2 is 0.921 bits per heavy atom. The molecule has 1 aromatic carbocycles. The predicted molar refractivity (Wildman–Crippen MR) is 167 cm³/mol. The van der Waals surface area contributed by atoms with Gasteiger partial charge in [-0.25, -0.2) is 0 Å². The molecule has 0 atom stereocenters. The maximum atomic E-state index is 6.12. The molecule has 0 bridgehead atoms. The molecule has 2 aliphatic rings. The van der Waals surface area contributed by atoms with Crippen LogP contribution in [0.1, 0.15) is 167 Å². The fraction of sp³-hybridized carbons (Fsp3) is 0.838. The molecule has 0 heterocycles. The number of hydrogen-bond acceptors (Lipinski definition) is 1. The van der Waals surface area contributed by atoms with E-state index in [4.69, 9.17) is 4.74 Å². The lowest BCUT2D eigenvalue weighted by molar-refractivity contribution is 0.228. The average Bonchev–Trinajstić information content (AvgIpc) is 2.96. The lowest BCUT2D eigenvalue weighted by Crippen LogP contribution is -2.15. The molecule has 218 valence electrons. The van der Waals surface area contributed by atoms with Gasteiger partial charge in [0.2, 0.25) is 0 Å². The Morgan fingerprint density at radius 3 is 1.39 bits per heavy atom. The minimum absolute atomic E-state index is 0.887. The van der Waals surface area contributed by atoms with Crippen LogP contribution in [0.5, 0.6) is 5.75 Å². The van der Waals surface area contributed by atoms with E-state index in [1.807, 2.05) is 0 Å². The van der Waals surface area contributed by atoms with Crippen LogP contribution in [0.25, 0.3) is 0 Å². The van der Waals surface area contributed by atoms with Crippen LogP contribution in [0.2, 0.25) is 0 Å². The summed E-state index contributed by atoms with van der Waals surface area (Å²) in [5.74, 6) is 5.05. The number of unbranched alkanes of at least 4 members (excludes halogenated alkanes) is 8. The second kappa shape index (κ2) is 20.0. The van der Waals surface area contributed by atoms with Gasteiger partial charge in [-0.1, -0.05) is 154 Å². The summed E-state index contributed by atoms with van der Waals surface area (Å²) < 4.78 is 6.12. The molecule has 0 aromatic heterocycles. The minimum Gasteiger partial charge on any atom is -0.494 e. The highest BCUT2D eigenvalue weighted by Crippen LogP contribution is 2.35. The highest BCUT2D eigenvalue weighted by molar-refractivity contribution is 5.27. The molecule has 0 amide bonds. The third-order valence-corrected chi connectivity index (χ3v) is 10.2. The Hall–Kier alpha value is -0.980. The molecule has 2 saturated carbocycles. The summed E-state index contributed by atoms with van der Waals surface area (Å²) in [7, 11) is 0. The summed E-state index contributed by atoms with van der Waals surface area (Å²) in [6, 6.07) is 9.08. The van der Waals surface area contributed by atoms with E-state index in [2.05, 4.69) is 38.1 Å². The molecule has 0 unspecified atom stereocenters. The highest BCUT2D eigenvalue weighted by atomic mass is 16.5. The van der Waals surface area contributed by atoms with Crippen molar-refractivity contribution in [2.24, 2.45) is 23.7 Å². The van der Waals surface area contributed by atoms with Gasteiger partial charge in [-0.2, -0.15) is 0 Å². The fourth-order valence-corrected chi connectivity index (χ4v) is 7.38. The number of aryl methyl sites for hydroxylation is 1. The molecule has 2 fully saturated rings. The van der Waals surface area contributed by atoms with Crippen LogP contribution in [0, 0.1) is 23.7 Å². The second-order valence-electron chi connectivity index (χ2n) is 13.4.